The van der Waals surface area contributed by atoms with Gasteiger partial charge in [-0.3, -0.25) is 4.90 Å². The Kier molecular flexibility index (Phi) is 6.24. The number of likely N-dealkylation sites (N-methyl/N-ethyl adjacent to an activating group) is 1. The first kappa shape index (κ1) is 17.3. The van der Waals surface area contributed by atoms with E-state index in [0.29, 0.717) is 18.6 Å². The molecule has 4 heteroatoms. The number of benzene rings is 1. The molecule has 0 aliphatic carbocycles. The van der Waals surface area contributed by atoms with Crippen LogP contribution in [-0.4, -0.2) is 61.3 Å². The van der Waals surface area contributed by atoms with Gasteiger partial charge in [-0.1, -0.05) is 26.0 Å². The molecule has 0 radical (unpaired) electrons. The number of likely N-dealkylation sites (tertiary alicyclic amines) is 1. The molecule has 4 nitrogen and oxygen atoms in total. The van der Waals surface area contributed by atoms with Crippen LogP contribution in [0.3, 0.4) is 0 Å². The topological polar surface area (TPSA) is 35.9 Å². The van der Waals surface area contributed by atoms with Gasteiger partial charge in [0.1, 0.15) is 12.4 Å². The van der Waals surface area contributed by atoms with Gasteiger partial charge in [-0.2, -0.15) is 0 Å². The Morgan fingerprint density at radius 2 is 1.91 bits per heavy atom. The second-order valence-corrected chi connectivity index (χ2v) is 6.85. The maximum absolute atomic E-state index is 8.78. The van der Waals surface area contributed by atoms with Gasteiger partial charge in [0.05, 0.1) is 6.61 Å². The summed E-state index contributed by atoms with van der Waals surface area (Å²) >= 11 is 0. The number of aliphatic hydroxyl groups excluding tert-OH is 1. The lowest BCUT2D eigenvalue weighted by molar-refractivity contribution is 0.201. The van der Waals surface area contributed by atoms with Gasteiger partial charge in [-0.25, -0.2) is 0 Å². The summed E-state index contributed by atoms with van der Waals surface area (Å²) in [5.41, 5.74) is 1.32. The fourth-order valence-electron chi connectivity index (χ4n) is 3.34. The summed E-state index contributed by atoms with van der Waals surface area (Å²) in [6.07, 6.45) is 0. The normalized spacial score (nSPS) is 22.7. The lowest BCUT2D eigenvalue weighted by atomic mass is 9.91. The fourth-order valence-corrected chi connectivity index (χ4v) is 3.34. The quantitative estimate of drug-likeness (QED) is 0.837. The van der Waals surface area contributed by atoms with Crippen LogP contribution in [0, 0.1) is 11.8 Å². The highest BCUT2D eigenvalue weighted by Crippen LogP contribution is 2.28. The molecular weight excluding hydrogens is 276 g/mol. The van der Waals surface area contributed by atoms with Gasteiger partial charge in [0.25, 0.3) is 0 Å². The van der Waals surface area contributed by atoms with Crippen molar-refractivity contribution in [2.24, 2.45) is 11.8 Å². The van der Waals surface area contributed by atoms with Crippen molar-refractivity contribution in [3.8, 4) is 5.75 Å². The zero-order valence-electron chi connectivity index (χ0n) is 14.3. The summed E-state index contributed by atoms with van der Waals surface area (Å²) in [4.78, 5) is 4.93. The summed E-state index contributed by atoms with van der Waals surface area (Å²) < 4.78 is 5.41. The minimum absolute atomic E-state index is 0.0536. The van der Waals surface area contributed by atoms with Crippen molar-refractivity contribution in [3.63, 3.8) is 0 Å². The third kappa shape index (κ3) is 4.45. The summed E-state index contributed by atoms with van der Waals surface area (Å²) in [6, 6.07) is 8.88. The SMILES string of the molecule is CC(C)[C@@H]1CN(Cc2ccc(OCCO)cc2)C[C@H]1N(C)C. The lowest BCUT2D eigenvalue weighted by Crippen LogP contribution is -2.37. The van der Waals surface area contributed by atoms with Crippen LogP contribution in [0.1, 0.15) is 19.4 Å². The van der Waals surface area contributed by atoms with Crippen LogP contribution in [-0.2, 0) is 6.54 Å². The Morgan fingerprint density at radius 1 is 1.23 bits per heavy atom. The molecule has 1 N–H and O–H groups in total. The molecule has 0 unspecified atom stereocenters. The van der Waals surface area contributed by atoms with E-state index < -0.39 is 0 Å². The Balaban J connectivity index is 1.93. The van der Waals surface area contributed by atoms with Crippen LogP contribution in [0.4, 0.5) is 0 Å². The van der Waals surface area contributed by atoms with E-state index in [1.165, 1.54) is 12.1 Å². The van der Waals surface area contributed by atoms with Crippen molar-refractivity contribution in [1.82, 2.24) is 9.80 Å². The van der Waals surface area contributed by atoms with Crippen LogP contribution >= 0.6 is 0 Å². The fraction of sp³-hybridized carbons (Fsp3) is 0.667. The molecule has 2 atom stereocenters. The molecule has 1 heterocycles. The van der Waals surface area contributed by atoms with E-state index in [-0.39, 0.29) is 6.61 Å². The zero-order chi connectivity index (χ0) is 16.1. The number of rotatable bonds is 7. The molecule has 0 spiro atoms. The molecule has 0 aromatic heterocycles. The van der Waals surface area contributed by atoms with Crippen molar-refractivity contribution in [2.45, 2.75) is 26.4 Å². The summed E-state index contributed by atoms with van der Waals surface area (Å²) in [5.74, 6) is 2.28. The van der Waals surface area contributed by atoms with Crippen LogP contribution in [0.2, 0.25) is 0 Å². The van der Waals surface area contributed by atoms with Gasteiger partial charge in [0.2, 0.25) is 0 Å². The van der Waals surface area contributed by atoms with Gasteiger partial charge in [-0.05, 0) is 43.6 Å². The molecule has 0 bridgehead atoms. The number of aliphatic hydroxyl groups is 1. The van der Waals surface area contributed by atoms with E-state index in [1.807, 2.05) is 12.1 Å². The van der Waals surface area contributed by atoms with Gasteiger partial charge in [0.15, 0.2) is 0 Å². The molecule has 1 aliphatic rings. The smallest absolute Gasteiger partial charge is 0.119 e. The second kappa shape index (κ2) is 7.95. The highest BCUT2D eigenvalue weighted by Gasteiger charge is 2.35. The monoisotopic (exact) mass is 306 g/mol. The molecule has 1 aromatic carbocycles. The Bertz CT molecular complexity index is 429. The first-order chi connectivity index (χ1) is 10.5. The van der Waals surface area contributed by atoms with Gasteiger partial charge >= 0.3 is 0 Å². The minimum atomic E-state index is 0.0536. The summed E-state index contributed by atoms with van der Waals surface area (Å²) in [5, 5.41) is 8.78. The molecule has 0 amide bonds. The lowest BCUT2D eigenvalue weighted by Gasteiger charge is -2.27. The molecule has 1 fully saturated rings. The third-order valence-electron chi connectivity index (χ3n) is 4.62. The van der Waals surface area contributed by atoms with Crippen molar-refractivity contribution >= 4 is 0 Å². The van der Waals surface area contributed by atoms with E-state index in [0.717, 1.165) is 24.8 Å². The predicted molar refractivity (Wildman–Crippen MR) is 90.1 cm³/mol. The Morgan fingerprint density at radius 3 is 2.41 bits per heavy atom. The largest absolute Gasteiger partial charge is 0.491 e. The molecule has 22 heavy (non-hydrogen) atoms. The average molecular weight is 306 g/mol. The molecule has 2 rings (SSSR count). The van der Waals surface area contributed by atoms with Crippen molar-refractivity contribution < 1.29 is 9.84 Å². The van der Waals surface area contributed by atoms with Crippen molar-refractivity contribution in [3.05, 3.63) is 29.8 Å². The van der Waals surface area contributed by atoms with Crippen molar-refractivity contribution in [1.29, 1.82) is 0 Å². The number of hydrogen-bond donors (Lipinski definition) is 1. The van der Waals surface area contributed by atoms with Crippen LogP contribution in [0.25, 0.3) is 0 Å². The third-order valence-corrected chi connectivity index (χ3v) is 4.62. The molecule has 1 aliphatic heterocycles. The molecule has 0 saturated carbocycles. The average Bonchev–Trinajstić information content (AvgIpc) is 2.91. The number of ether oxygens (including phenoxy) is 1. The Hall–Kier alpha value is -1.10. The summed E-state index contributed by atoms with van der Waals surface area (Å²) in [7, 11) is 4.38. The standard InChI is InChI=1S/C18H30N2O2/c1-14(2)17-12-20(13-18(17)19(3)4)11-15-5-7-16(8-6-15)22-10-9-21/h5-8,14,17-18,21H,9-13H2,1-4H3/t17-,18+/m0/s1. The molecule has 124 valence electrons. The first-order valence-corrected chi connectivity index (χ1v) is 8.22. The maximum atomic E-state index is 8.78. The van der Waals surface area contributed by atoms with E-state index in [4.69, 9.17) is 9.84 Å². The zero-order valence-corrected chi connectivity index (χ0v) is 14.3. The summed E-state index contributed by atoms with van der Waals surface area (Å²) in [6.45, 7) is 8.37. The second-order valence-electron chi connectivity index (χ2n) is 6.85. The predicted octanol–water partition coefficient (Wildman–Crippen LogP) is 2.08. The van der Waals surface area contributed by atoms with Gasteiger partial charge < -0.3 is 14.7 Å². The highest BCUT2D eigenvalue weighted by molar-refractivity contribution is 5.27. The van der Waals surface area contributed by atoms with Gasteiger partial charge in [-0.15, -0.1) is 0 Å². The van der Waals surface area contributed by atoms with Crippen molar-refractivity contribution in [2.75, 3.05) is 40.4 Å². The Labute approximate surface area is 134 Å². The number of nitrogens with zero attached hydrogens (tertiary/aromatic N) is 2. The van der Waals surface area contributed by atoms with Crippen LogP contribution in [0.5, 0.6) is 5.75 Å². The van der Waals surface area contributed by atoms with Gasteiger partial charge in [0, 0.05) is 25.7 Å². The van der Waals surface area contributed by atoms with E-state index in [2.05, 4.69) is 49.9 Å². The van der Waals surface area contributed by atoms with E-state index >= 15 is 0 Å². The van der Waals surface area contributed by atoms with Crippen LogP contribution in [0.15, 0.2) is 24.3 Å². The maximum Gasteiger partial charge on any atom is 0.119 e. The molecule has 1 saturated heterocycles. The van der Waals surface area contributed by atoms with E-state index in [9.17, 15) is 0 Å². The highest BCUT2D eigenvalue weighted by atomic mass is 16.5. The van der Waals surface area contributed by atoms with Crippen LogP contribution < -0.4 is 4.74 Å². The van der Waals surface area contributed by atoms with E-state index in [1.54, 1.807) is 0 Å². The number of hydrogen-bond acceptors (Lipinski definition) is 4. The minimum Gasteiger partial charge on any atom is -0.491 e. The molecular formula is C18H30N2O2. The first-order valence-electron chi connectivity index (χ1n) is 8.22. The molecule has 1 aromatic rings.